The van der Waals surface area contributed by atoms with Gasteiger partial charge in [-0.2, -0.15) is 8.42 Å². The molecular weight excluding hydrogens is 468 g/mol. The van der Waals surface area contributed by atoms with E-state index in [-0.39, 0.29) is 15.7 Å². The number of hydrogen-bond donors (Lipinski definition) is 0. The lowest BCUT2D eigenvalue weighted by atomic mass is 9.86. The normalized spacial score (nSPS) is 12.7. The van der Waals surface area contributed by atoms with Crippen LogP contribution in [0.4, 0.5) is 0 Å². The highest BCUT2D eigenvalue weighted by Crippen LogP contribution is 2.41. The second-order valence-electron chi connectivity index (χ2n) is 8.63. The molecule has 32 heavy (non-hydrogen) atoms. The Labute approximate surface area is 193 Å². The number of imidazole rings is 1. The van der Waals surface area contributed by atoms with Crippen LogP contribution in [0.5, 0.6) is 5.75 Å². The first-order chi connectivity index (χ1) is 14.7. The largest absolute Gasteiger partial charge is 0.378 e. The minimum Gasteiger partial charge on any atom is -0.378 e. The second-order valence-corrected chi connectivity index (χ2v) is 13.9. The number of aryl methyl sites for hydroxylation is 3. The SMILES string of the molecule is Cc1ccc(S(=O)(=O)Sc2cc(C)c(OS(=O)(=O)c3cn(C)cn3)cc2C(C)(C)C)cc1. The van der Waals surface area contributed by atoms with Crippen LogP contribution in [0.2, 0.25) is 0 Å². The first-order valence-corrected chi connectivity index (χ1v) is 14.0. The van der Waals surface area contributed by atoms with Gasteiger partial charge in [0.25, 0.3) is 0 Å². The quantitative estimate of drug-likeness (QED) is 0.365. The van der Waals surface area contributed by atoms with Crippen LogP contribution in [0.3, 0.4) is 0 Å². The van der Waals surface area contributed by atoms with Gasteiger partial charge < -0.3 is 8.75 Å². The van der Waals surface area contributed by atoms with E-state index in [2.05, 4.69) is 4.98 Å². The predicted octanol–water partition coefficient (Wildman–Crippen LogP) is 4.58. The summed E-state index contributed by atoms with van der Waals surface area (Å²) in [6.07, 6.45) is 2.73. The van der Waals surface area contributed by atoms with Crippen LogP contribution in [-0.4, -0.2) is 26.4 Å². The number of nitrogens with zero attached hydrogens (tertiary/aromatic N) is 2. The summed E-state index contributed by atoms with van der Waals surface area (Å²) in [5.74, 6) is 0.137. The summed E-state index contributed by atoms with van der Waals surface area (Å²) in [4.78, 5) is 4.59. The fraction of sp³-hybridized carbons (Fsp3) is 0.318. The maximum Gasteiger partial charge on any atom is 0.358 e. The van der Waals surface area contributed by atoms with E-state index in [9.17, 15) is 16.8 Å². The predicted molar refractivity (Wildman–Crippen MR) is 125 cm³/mol. The van der Waals surface area contributed by atoms with Crippen LogP contribution in [0.25, 0.3) is 0 Å². The van der Waals surface area contributed by atoms with Crippen LogP contribution in [0.15, 0.2) is 63.7 Å². The standard InChI is InChI=1S/C22H26N2O5S3/c1-15-7-9-17(10-8-15)32(27,28)30-20-11-16(2)19(12-18(20)22(3,4)5)29-31(25,26)21-13-24(6)14-23-21/h7-14H,1-6H3. The van der Waals surface area contributed by atoms with Crippen molar-refractivity contribution in [1.82, 2.24) is 9.55 Å². The Hall–Kier alpha value is -2.30. The first-order valence-electron chi connectivity index (χ1n) is 9.78. The molecule has 0 amide bonds. The van der Waals surface area contributed by atoms with Crippen molar-refractivity contribution in [3.8, 4) is 5.75 Å². The van der Waals surface area contributed by atoms with Crippen molar-refractivity contribution in [3.63, 3.8) is 0 Å². The molecule has 0 aliphatic rings. The average Bonchev–Trinajstić information content (AvgIpc) is 3.10. The third-order valence-corrected chi connectivity index (χ3v) is 9.21. The van der Waals surface area contributed by atoms with Gasteiger partial charge in [0.05, 0.1) is 11.2 Å². The Morgan fingerprint density at radius 1 is 1.00 bits per heavy atom. The summed E-state index contributed by atoms with van der Waals surface area (Å²) in [7, 11) is -5.39. The molecule has 3 rings (SSSR count). The van der Waals surface area contributed by atoms with Gasteiger partial charge in [-0.1, -0.05) is 38.5 Å². The van der Waals surface area contributed by atoms with E-state index in [0.717, 1.165) is 16.4 Å². The van der Waals surface area contributed by atoms with Gasteiger partial charge in [0.2, 0.25) is 13.9 Å². The molecule has 0 atom stereocenters. The van der Waals surface area contributed by atoms with Gasteiger partial charge in [-0.15, -0.1) is 0 Å². The first kappa shape index (κ1) is 24.3. The lowest BCUT2D eigenvalue weighted by Gasteiger charge is -2.24. The number of aromatic nitrogens is 2. The molecule has 0 aliphatic carbocycles. The molecule has 0 radical (unpaired) electrons. The van der Waals surface area contributed by atoms with Gasteiger partial charge in [0.1, 0.15) is 5.75 Å². The van der Waals surface area contributed by atoms with Gasteiger partial charge in [0.15, 0.2) is 0 Å². The van der Waals surface area contributed by atoms with Crippen LogP contribution >= 0.6 is 10.8 Å². The molecule has 0 saturated carbocycles. The number of rotatable bonds is 6. The zero-order valence-electron chi connectivity index (χ0n) is 18.8. The zero-order valence-corrected chi connectivity index (χ0v) is 21.2. The Balaban J connectivity index is 2.03. The molecule has 0 fully saturated rings. The summed E-state index contributed by atoms with van der Waals surface area (Å²) >= 11 is 0. The van der Waals surface area contributed by atoms with E-state index in [4.69, 9.17) is 4.18 Å². The molecule has 1 aromatic heterocycles. The summed E-state index contributed by atoms with van der Waals surface area (Å²) in [6.45, 7) is 9.35. The zero-order chi connectivity index (χ0) is 23.9. The summed E-state index contributed by atoms with van der Waals surface area (Å²) in [5, 5.41) is -0.197. The van der Waals surface area contributed by atoms with E-state index >= 15 is 0 Å². The maximum atomic E-state index is 13.0. The van der Waals surface area contributed by atoms with Crippen molar-refractivity contribution in [2.45, 2.75) is 54.9 Å². The third kappa shape index (κ3) is 5.36. The minimum atomic E-state index is -4.13. The molecule has 7 nitrogen and oxygen atoms in total. The average molecular weight is 495 g/mol. The monoisotopic (exact) mass is 494 g/mol. The van der Waals surface area contributed by atoms with E-state index in [1.165, 1.54) is 17.1 Å². The topological polar surface area (TPSA) is 95.3 Å². The lowest BCUT2D eigenvalue weighted by Crippen LogP contribution is -2.16. The second kappa shape index (κ2) is 8.57. The van der Waals surface area contributed by atoms with Crippen LogP contribution < -0.4 is 4.18 Å². The molecule has 0 N–H and O–H groups in total. The fourth-order valence-corrected chi connectivity index (χ4v) is 7.16. The van der Waals surface area contributed by atoms with Crippen molar-refractivity contribution in [2.24, 2.45) is 7.05 Å². The van der Waals surface area contributed by atoms with Crippen molar-refractivity contribution in [2.75, 3.05) is 0 Å². The minimum absolute atomic E-state index is 0.137. The molecule has 0 aliphatic heterocycles. The smallest absolute Gasteiger partial charge is 0.358 e. The Bertz CT molecular complexity index is 1350. The summed E-state index contributed by atoms with van der Waals surface area (Å²) in [6, 6.07) is 9.92. The molecule has 2 aromatic carbocycles. The highest BCUT2D eigenvalue weighted by molar-refractivity contribution is 8.72. The molecule has 0 unspecified atom stereocenters. The molecule has 1 heterocycles. The van der Waals surface area contributed by atoms with Crippen LogP contribution in [0, 0.1) is 13.8 Å². The van der Waals surface area contributed by atoms with Crippen molar-refractivity contribution >= 4 is 29.8 Å². The van der Waals surface area contributed by atoms with E-state index in [0.29, 0.717) is 16.0 Å². The van der Waals surface area contributed by atoms with Gasteiger partial charge >= 0.3 is 10.1 Å². The van der Waals surface area contributed by atoms with Crippen molar-refractivity contribution in [1.29, 1.82) is 0 Å². The highest BCUT2D eigenvalue weighted by Gasteiger charge is 2.27. The summed E-state index contributed by atoms with van der Waals surface area (Å²) in [5.41, 5.74) is 1.66. The van der Waals surface area contributed by atoms with Gasteiger partial charge in [-0.05, 0) is 54.7 Å². The molecule has 172 valence electrons. The molecule has 0 bridgehead atoms. The number of hydrogen-bond acceptors (Lipinski definition) is 7. The van der Waals surface area contributed by atoms with E-state index < -0.39 is 24.4 Å². The van der Waals surface area contributed by atoms with Gasteiger partial charge in [0, 0.05) is 28.9 Å². The molecule has 0 spiro atoms. The molecule has 0 saturated heterocycles. The van der Waals surface area contributed by atoms with Crippen molar-refractivity contribution in [3.05, 3.63) is 65.6 Å². The highest BCUT2D eigenvalue weighted by atomic mass is 33.1. The van der Waals surface area contributed by atoms with Gasteiger partial charge in [-0.3, -0.25) is 0 Å². The van der Waals surface area contributed by atoms with Crippen molar-refractivity contribution < 1.29 is 21.0 Å². The molecule has 3 aromatic rings. The number of benzene rings is 2. The summed E-state index contributed by atoms with van der Waals surface area (Å²) < 4.78 is 58.3. The maximum absolute atomic E-state index is 13.0. The fourth-order valence-electron chi connectivity index (χ4n) is 2.96. The van der Waals surface area contributed by atoms with Crippen LogP contribution in [0.1, 0.15) is 37.5 Å². The Morgan fingerprint density at radius 2 is 1.62 bits per heavy atom. The third-order valence-electron chi connectivity index (χ3n) is 4.73. The molecular formula is C22H26N2O5S3. The van der Waals surface area contributed by atoms with Gasteiger partial charge in [-0.25, -0.2) is 13.4 Å². The van der Waals surface area contributed by atoms with E-state index in [1.807, 2.05) is 27.7 Å². The Morgan fingerprint density at radius 3 is 2.16 bits per heavy atom. The molecule has 10 heteroatoms. The lowest BCUT2D eigenvalue weighted by molar-refractivity contribution is 0.477. The van der Waals surface area contributed by atoms with E-state index in [1.54, 1.807) is 50.4 Å². The Kier molecular flexibility index (Phi) is 6.52. The van der Waals surface area contributed by atoms with Crippen LogP contribution in [-0.2, 0) is 31.5 Å².